The highest BCUT2D eigenvalue weighted by Gasteiger charge is 2.15. The molecule has 0 aliphatic rings. The Labute approximate surface area is 143 Å². The molecule has 2 nitrogen and oxygen atoms in total. The number of hydrogen-bond donors (Lipinski definition) is 1. The van der Waals surface area contributed by atoms with Gasteiger partial charge in [-0.3, -0.25) is 0 Å². The molecule has 0 saturated heterocycles. The van der Waals surface area contributed by atoms with E-state index in [9.17, 15) is 0 Å². The van der Waals surface area contributed by atoms with E-state index in [1.807, 2.05) is 19.2 Å². The third-order valence-electron chi connectivity index (χ3n) is 3.60. The van der Waals surface area contributed by atoms with Gasteiger partial charge in [-0.1, -0.05) is 44.0 Å². The predicted molar refractivity (Wildman–Crippen MR) is 95.1 cm³/mol. The minimum Gasteiger partial charge on any atom is -0.497 e. The van der Waals surface area contributed by atoms with Crippen LogP contribution >= 0.6 is 31.9 Å². The van der Waals surface area contributed by atoms with Gasteiger partial charge in [0.2, 0.25) is 0 Å². The molecule has 0 spiro atoms. The predicted octanol–water partition coefficient (Wildman–Crippen LogP) is 5.03. The van der Waals surface area contributed by atoms with Crippen LogP contribution in [0.2, 0.25) is 0 Å². The molecule has 1 N–H and O–H groups in total. The number of methoxy groups -OCH3 is 1. The van der Waals surface area contributed by atoms with Crippen molar-refractivity contribution in [2.24, 2.45) is 0 Å². The fourth-order valence-electron chi connectivity index (χ4n) is 2.29. The average molecular weight is 413 g/mol. The van der Waals surface area contributed by atoms with Gasteiger partial charge in [0.25, 0.3) is 0 Å². The van der Waals surface area contributed by atoms with E-state index in [4.69, 9.17) is 4.74 Å². The normalized spacial score (nSPS) is 12.2. The van der Waals surface area contributed by atoms with Crippen molar-refractivity contribution in [3.8, 4) is 5.75 Å². The van der Waals surface area contributed by atoms with Crippen LogP contribution in [-0.2, 0) is 6.42 Å². The van der Waals surface area contributed by atoms with Gasteiger partial charge in [-0.2, -0.15) is 0 Å². The maximum atomic E-state index is 5.20. The van der Waals surface area contributed by atoms with Crippen molar-refractivity contribution < 1.29 is 4.74 Å². The van der Waals surface area contributed by atoms with Crippen molar-refractivity contribution in [2.45, 2.75) is 19.4 Å². The van der Waals surface area contributed by atoms with Gasteiger partial charge < -0.3 is 10.1 Å². The first-order chi connectivity index (χ1) is 10.0. The van der Waals surface area contributed by atoms with Crippen LogP contribution in [0.5, 0.6) is 5.75 Å². The van der Waals surface area contributed by atoms with E-state index in [-0.39, 0.29) is 6.04 Å². The molecule has 112 valence electrons. The van der Waals surface area contributed by atoms with Crippen LogP contribution < -0.4 is 10.1 Å². The number of likely N-dealkylation sites (N-methyl/N-ethyl adjacent to an activating group) is 1. The fourth-order valence-corrected chi connectivity index (χ4v) is 3.39. The third-order valence-corrected chi connectivity index (χ3v) is 5.14. The van der Waals surface area contributed by atoms with Gasteiger partial charge in [-0.15, -0.1) is 0 Å². The van der Waals surface area contributed by atoms with Crippen LogP contribution in [0, 0.1) is 6.92 Å². The van der Waals surface area contributed by atoms with Gasteiger partial charge >= 0.3 is 0 Å². The molecule has 21 heavy (non-hydrogen) atoms. The summed E-state index contributed by atoms with van der Waals surface area (Å²) in [5, 5.41) is 3.40. The quantitative estimate of drug-likeness (QED) is 0.743. The Morgan fingerprint density at radius 1 is 1.10 bits per heavy atom. The minimum absolute atomic E-state index is 0.254. The molecule has 4 heteroatoms. The number of aryl methyl sites for hydroxylation is 1. The molecule has 0 aliphatic heterocycles. The molecule has 0 amide bonds. The number of nitrogens with one attached hydrogen (secondary N) is 1. The second-order valence-electron chi connectivity index (χ2n) is 5.02. The Kier molecular flexibility index (Phi) is 5.85. The summed E-state index contributed by atoms with van der Waals surface area (Å²) in [6.45, 7) is 2.09. The molecule has 0 fully saturated rings. The third kappa shape index (κ3) is 4.09. The maximum Gasteiger partial charge on any atom is 0.118 e. The molecule has 0 bridgehead atoms. The Hall–Kier alpha value is -0.840. The van der Waals surface area contributed by atoms with Crippen molar-refractivity contribution in [3.05, 3.63) is 62.0 Å². The summed E-state index contributed by atoms with van der Waals surface area (Å²) < 4.78 is 7.47. The van der Waals surface area contributed by atoms with Crippen molar-refractivity contribution in [3.63, 3.8) is 0 Å². The monoisotopic (exact) mass is 411 g/mol. The molecule has 0 heterocycles. The second-order valence-corrected chi connectivity index (χ2v) is 6.73. The molecule has 2 aromatic rings. The van der Waals surface area contributed by atoms with Crippen LogP contribution in [0.1, 0.15) is 22.7 Å². The Morgan fingerprint density at radius 2 is 1.76 bits per heavy atom. The molecule has 1 unspecified atom stereocenters. The lowest BCUT2D eigenvalue weighted by Gasteiger charge is -2.19. The summed E-state index contributed by atoms with van der Waals surface area (Å²) >= 11 is 7.29. The summed E-state index contributed by atoms with van der Waals surface area (Å²) in [4.78, 5) is 0. The first kappa shape index (κ1) is 16.5. The van der Waals surface area contributed by atoms with Gasteiger partial charge in [0.15, 0.2) is 0 Å². The van der Waals surface area contributed by atoms with Crippen LogP contribution in [0.25, 0.3) is 0 Å². The smallest absolute Gasteiger partial charge is 0.118 e. The SMILES string of the molecule is CNC(Cc1ccc(OC)cc1)c1cc(Br)c(C)cc1Br. The molecule has 0 aromatic heterocycles. The van der Waals surface area contributed by atoms with Gasteiger partial charge in [-0.05, 0) is 61.3 Å². The zero-order valence-electron chi connectivity index (χ0n) is 12.4. The topological polar surface area (TPSA) is 21.3 Å². The highest BCUT2D eigenvalue weighted by atomic mass is 79.9. The highest BCUT2D eigenvalue weighted by Crippen LogP contribution is 2.31. The van der Waals surface area contributed by atoms with Crippen molar-refractivity contribution in [1.82, 2.24) is 5.32 Å². The maximum absolute atomic E-state index is 5.20. The van der Waals surface area contributed by atoms with E-state index in [0.717, 1.165) is 21.1 Å². The van der Waals surface area contributed by atoms with Crippen molar-refractivity contribution in [1.29, 1.82) is 0 Å². The average Bonchev–Trinajstić information content (AvgIpc) is 2.49. The van der Waals surface area contributed by atoms with E-state index >= 15 is 0 Å². The van der Waals surface area contributed by atoms with Crippen molar-refractivity contribution >= 4 is 31.9 Å². The molecule has 1 atom stereocenters. The molecule has 0 aliphatic carbocycles. The minimum atomic E-state index is 0.254. The summed E-state index contributed by atoms with van der Waals surface area (Å²) in [5.41, 5.74) is 3.76. The lowest BCUT2D eigenvalue weighted by atomic mass is 9.98. The first-order valence-corrected chi connectivity index (χ1v) is 8.39. The number of halogens is 2. The lowest BCUT2D eigenvalue weighted by molar-refractivity contribution is 0.414. The van der Waals surface area contributed by atoms with Crippen LogP contribution in [0.15, 0.2) is 45.3 Å². The van der Waals surface area contributed by atoms with E-state index in [2.05, 4.69) is 68.4 Å². The van der Waals surface area contributed by atoms with Gasteiger partial charge in [-0.25, -0.2) is 0 Å². The number of hydrogen-bond acceptors (Lipinski definition) is 2. The van der Waals surface area contributed by atoms with Gasteiger partial charge in [0, 0.05) is 15.0 Å². The van der Waals surface area contributed by atoms with E-state index in [1.165, 1.54) is 16.7 Å². The number of benzene rings is 2. The molecule has 0 radical (unpaired) electrons. The zero-order valence-corrected chi connectivity index (χ0v) is 15.6. The Morgan fingerprint density at radius 3 is 2.33 bits per heavy atom. The van der Waals surface area contributed by atoms with E-state index in [1.54, 1.807) is 7.11 Å². The van der Waals surface area contributed by atoms with Gasteiger partial charge in [0.1, 0.15) is 5.75 Å². The molecule has 2 aromatic carbocycles. The summed E-state index contributed by atoms with van der Waals surface area (Å²) in [5.74, 6) is 0.888. The van der Waals surface area contributed by atoms with Crippen molar-refractivity contribution in [2.75, 3.05) is 14.2 Å². The van der Waals surface area contributed by atoms with Crippen LogP contribution in [0.3, 0.4) is 0 Å². The number of ether oxygens (including phenoxy) is 1. The summed E-state index contributed by atoms with van der Waals surface area (Å²) in [7, 11) is 3.68. The second kappa shape index (κ2) is 7.43. The molecular formula is C17H19Br2NO. The first-order valence-electron chi connectivity index (χ1n) is 6.81. The zero-order chi connectivity index (χ0) is 15.4. The molecule has 0 saturated carbocycles. The van der Waals surface area contributed by atoms with Crippen LogP contribution in [0.4, 0.5) is 0 Å². The standard InChI is InChI=1S/C17H19Br2NO/c1-11-8-16(19)14(10-15(11)18)17(20-2)9-12-4-6-13(21-3)7-5-12/h4-8,10,17,20H,9H2,1-3H3. The van der Waals surface area contributed by atoms with E-state index < -0.39 is 0 Å². The Bertz CT molecular complexity index is 611. The fraction of sp³-hybridized carbons (Fsp3) is 0.294. The van der Waals surface area contributed by atoms with E-state index in [0.29, 0.717) is 0 Å². The number of rotatable bonds is 5. The Balaban J connectivity index is 2.25. The summed E-state index contributed by atoms with van der Waals surface area (Å²) in [6, 6.07) is 12.8. The lowest BCUT2D eigenvalue weighted by Crippen LogP contribution is -2.19. The molecular weight excluding hydrogens is 394 g/mol. The highest BCUT2D eigenvalue weighted by molar-refractivity contribution is 9.11. The van der Waals surface area contributed by atoms with Gasteiger partial charge in [0.05, 0.1) is 7.11 Å². The van der Waals surface area contributed by atoms with Crippen LogP contribution in [-0.4, -0.2) is 14.2 Å². The molecule has 2 rings (SSSR count). The summed E-state index contributed by atoms with van der Waals surface area (Å²) in [6.07, 6.45) is 0.925. The largest absolute Gasteiger partial charge is 0.497 e.